The van der Waals surface area contributed by atoms with E-state index in [1.165, 1.54) is 12.1 Å². The largest absolute Gasteiger partial charge is 0.315 e. The van der Waals surface area contributed by atoms with Gasteiger partial charge < -0.3 is 4.57 Å². The summed E-state index contributed by atoms with van der Waals surface area (Å²) in [4.78, 5) is 9.41. The number of hydrogen-bond donors (Lipinski definition) is 0. The lowest BCUT2D eigenvalue weighted by Gasteiger charge is -2.21. The summed E-state index contributed by atoms with van der Waals surface area (Å²) in [7, 11) is 1.89. The first-order valence-corrected chi connectivity index (χ1v) is 10.0. The van der Waals surface area contributed by atoms with Gasteiger partial charge in [0.25, 0.3) is 0 Å². The lowest BCUT2D eigenvalue weighted by atomic mass is 10.0. The molecule has 3 aromatic heterocycles. The van der Waals surface area contributed by atoms with E-state index in [0.29, 0.717) is 0 Å². The number of aryl methyl sites for hydroxylation is 3. The summed E-state index contributed by atoms with van der Waals surface area (Å²) in [5, 5.41) is 8.32. The van der Waals surface area contributed by atoms with Gasteiger partial charge in [-0.25, -0.2) is 14.1 Å². The smallest absolute Gasteiger partial charge is 0.123 e. The molecule has 0 saturated carbocycles. The first kappa shape index (κ1) is 19.1. The van der Waals surface area contributed by atoms with Crippen LogP contribution in [0.25, 0.3) is 22.3 Å². The van der Waals surface area contributed by atoms with E-state index in [2.05, 4.69) is 25.9 Å². The fraction of sp³-hybridized carbons (Fsp3) is 0.167. The Morgan fingerprint density at radius 2 is 1.77 bits per heavy atom. The van der Waals surface area contributed by atoms with Crippen molar-refractivity contribution in [1.29, 1.82) is 0 Å². The Bertz CT molecular complexity index is 1350. The van der Waals surface area contributed by atoms with Gasteiger partial charge in [-0.3, -0.25) is 4.98 Å². The molecular formula is C24H21FN6. The summed E-state index contributed by atoms with van der Waals surface area (Å²) in [6, 6.07) is 18.3. The molecular weight excluding hydrogens is 391 g/mol. The monoisotopic (exact) mass is 412 g/mol. The molecule has 0 saturated heterocycles. The Kier molecular flexibility index (Phi) is 4.58. The molecule has 1 atom stereocenters. The first-order valence-electron chi connectivity index (χ1n) is 10.0. The Morgan fingerprint density at radius 3 is 2.45 bits per heavy atom. The molecule has 0 amide bonds. The van der Waals surface area contributed by atoms with E-state index in [0.717, 1.165) is 45.1 Å². The predicted octanol–water partition coefficient (Wildman–Crippen LogP) is 4.62. The quantitative estimate of drug-likeness (QED) is 0.432. The number of imidazole rings is 1. The fourth-order valence-electron chi connectivity index (χ4n) is 4.18. The van der Waals surface area contributed by atoms with Gasteiger partial charge in [-0.2, -0.15) is 0 Å². The van der Waals surface area contributed by atoms with Gasteiger partial charge in [0, 0.05) is 18.8 Å². The maximum Gasteiger partial charge on any atom is 0.123 e. The normalized spacial score (nSPS) is 12.4. The molecule has 154 valence electrons. The van der Waals surface area contributed by atoms with Gasteiger partial charge in [0.15, 0.2) is 0 Å². The molecule has 7 heteroatoms. The van der Waals surface area contributed by atoms with Crippen molar-refractivity contribution >= 4 is 11.0 Å². The van der Waals surface area contributed by atoms with Crippen molar-refractivity contribution in [3.8, 4) is 11.3 Å². The molecule has 3 heterocycles. The minimum Gasteiger partial charge on any atom is -0.315 e. The number of benzene rings is 2. The minimum atomic E-state index is -0.266. The highest BCUT2D eigenvalue weighted by Gasteiger charge is 2.23. The van der Waals surface area contributed by atoms with E-state index >= 15 is 0 Å². The molecule has 0 aliphatic carbocycles. The summed E-state index contributed by atoms with van der Waals surface area (Å²) in [6.07, 6.45) is 1.77. The summed E-state index contributed by atoms with van der Waals surface area (Å²) >= 11 is 0. The molecule has 6 nitrogen and oxygen atoms in total. The number of aromatic nitrogens is 6. The van der Waals surface area contributed by atoms with Crippen LogP contribution in [0.5, 0.6) is 0 Å². The Morgan fingerprint density at radius 1 is 0.968 bits per heavy atom. The zero-order chi connectivity index (χ0) is 21.5. The van der Waals surface area contributed by atoms with Gasteiger partial charge in [-0.15, -0.1) is 5.10 Å². The summed E-state index contributed by atoms with van der Waals surface area (Å²) in [5.41, 5.74) is 6.49. The van der Waals surface area contributed by atoms with E-state index in [-0.39, 0.29) is 11.9 Å². The summed E-state index contributed by atoms with van der Waals surface area (Å²) in [5.74, 6) is 0.587. The van der Waals surface area contributed by atoms with Crippen molar-refractivity contribution in [2.24, 2.45) is 7.05 Å². The number of halogens is 1. The Labute approximate surface area is 179 Å². The van der Waals surface area contributed by atoms with Crippen LogP contribution in [0, 0.1) is 19.7 Å². The van der Waals surface area contributed by atoms with Crippen molar-refractivity contribution in [1.82, 2.24) is 29.5 Å². The highest BCUT2D eigenvalue weighted by Crippen LogP contribution is 2.33. The maximum atomic E-state index is 13.7. The van der Waals surface area contributed by atoms with Crippen LogP contribution < -0.4 is 0 Å². The highest BCUT2D eigenvalue weighted by molar-refractivity contribution is 5.83. The van der Waals surface area contributed by atoms with Crippen molar-refractivity contribution in [3.05, 3.63) is 95.5 Å². The molecule has 0 spiro atoms. The minimum absolute atomic E-state index is 0.243. The SMILES string of the molecule is Cc1nnn(C)c1-c1ccc2nc(C)n([C@H](c3ccc(F)cc3)c3ccccn3)c2c1. The van der Waals surface area contributed by atoms with Gasteiger partial charge in [0.05, 0.1) is 28.1 Å². The Balaban J connectivity index is 1.77. The third-order valence-electron chi connectivity index (χ3n) is 5.55. The predicted molar refractivity (Wildman–Crippen MR) is 117 cm³/mol. The van der Waals surface area contributed by atoms with Crippen LogP contribution in [-0.4, -0.2) is 29.5 Å². The summed E-state index contributed by atoms with van der Waals surface area (Å²) < 4.78 is 17.6. The second kappa shape index (κ2) is 7.43. The van der Waals surface area contributed by atoms with Gasteiger partial charge in [0.1, 0.15) is 17.7 Å². The second-order valence-corrected chi connectivity index (χ2v) is 7.59. The van der Waals surface area contributed by atoms with Crippen LogP contribution in [-0.2, 0) is 7.05 Å². The molecule has 2 aromatic carbocycles. The van der Waals surface area contributed by atoms with Crippen LogP contribution in [0.3, 0.4) is 0 Å². The average molecular weight is 412 g/mol. The van der Waals surface area contributed by atoms with Crippen molar-refractivity contribution in [2.45, 2.75) is 19.9 Å². The molecule has 0 bridgehead atoms. The molecule has 0 aliphatic heterocycles. The van der Waals surface area contributed by atoms with Crippen LogP contribution in [0.15, 0.2) is 66.9 Å². The van der Waals surface area contributed by atoms with Crippen molar-refractivity contribution < 1.29 is 4.39 Å². The molecule has 0 N–H and O–H groups in total. The fourth-order valence-corrected chi connectivity index (χ4v) is 4.18. The van der Waals surface area contributed by atoms with Crippen LogP contribution in [0.4, 0.5) is 4.39 Å². The number of pyridine rings is 1. The molecule has 0 unspecified atom stereocenters. The van der Waals surface area contributed by atoms with Gasteiger partial charge >= 0.3 is 0 Å². The van der Waals surface area contributed by atoms with E-state index < -0.39 is 0 Å². The van der Waals surface area contributed by atoms with Crippen molar-refractivity contribution in [3.63, 3.8) is 0 Å². The number of hydrogen-bond acceptors (Lipinski definition) is 4. The van der Waals surface area contributed by atoms with E-state index in [4.69, 9.17) is 4.98 Å². The van der Waals surface area contributed by atoms with Crippen LogP contribution in [0.2, 0.25) is 0 Å². The van der Waals surface area contributed by atoms with E-state index in [9.17, 15) is 4.39 Å². The van der Waals surface area contributed by atoms with E-state index in [1.807, 2.05) is 51.2 Å². The van der Waals surface area contributed by atoms with Gasteiger partial charge in [0.2, 0.25) is 0 Å². The lowest BCUT2D eigenvalue weighted by molar-refractivity contribution is 0.620. The molecule has 5 aromatic rings. The number of fused-ring (bicyclic) bond motifs is 1. The zero-order valence-corrected chi connectivity index (χ0v) is 17.5. The standard InChI is InChI=1S/C24H21FN6/c1-15-23(30(3)29-28-15)18-9-12-20-22(14-18)31(16(2)27-20)24(21-6-4-5-13-26-21)17-7-10-19(25)11-8-17/h4-14,24H,1-3H3/t24-/m1/s1. The van der Waals surface area contributed by atoms with Gasteiger partial charge in [-0.1, -0.05) is 29.5 Å². The lowest BCUT2D eigenvalue weighted by Crippen LogP contribution is -2.15. The van der Waals surface area contributed by atoms with Crippen LogP contribution >= 0.6 is 0 Å². The molecule has 0 radical (unpaired) electrons. The third-order valence-corrected chi connectivity index (χ3v) is 5.55. The van der Waals surface area contributed by atoms with Crippen LogP contribution in [0.1, 0.15) is 28.8 Å². The molecule has 0 fully saturated rings. The molecule has 31 heavy (non-hydrogen) atoms. The van der Waals surface area contributed by atoms with Crippen molar-refractivity contribution in [2.75, 3.05) is 0 Å². The van der Waals surface area contributed by atoms with Gasteiger partial charge in [-0.05, 0) is 55.8 Å². The maximum absolute atomic E-state index is 13.7. The summed E-state index contributed by atoms with van der Waals surface area (Å²) in [6.45, 7) is 3.93. The molecule has 5 rings (SSSR count). The Hall–Kier alpha value is -3.87. The second-order valence-electron chi connectivity index (χ2n) is 7.59. The average Bonchev–Trinajstić information content (AvgIpc) is 3.28. The topological polar surface area (TPSA) is 61.4 Å². The van der Waals surface area contributed by atoms with E-state index in [1.54, 1.807) is 23.0 Å². The third kappa shape index (κ3) is 3.28. The number of nitrogens with zero attached hydrogens (tertiary/aromatic N) is 6. The highest BCUT2D eigenvalue weighted by atomic mass is 19.1. The first-order chi connectivity index (χ1) is 15.0. The molecule has 0 aliphatic rings. The number of rotatable bonds is 4. The zero-order valence-electron chi connectivity index (χ0n) is 17.5.